The molecule has 0 amide bonds. The van der Waals surface area contributed by atoms with Gasteiger partial charge in [0.25, 0.3) is 5.56 Å². The Labute approximate surface area is 208 Å². The summed E-state index contributed by atoms with van der Waals surface area (Å²) in [5, 5.41) is 0.892. The van der Waals surface area contributed by atoms with Gasteiger partial charge in [0, 0.05) is 23.3 Å². The lowest BCUT2D eigenvalue weighted by molar-refractivity contribution is 0.282. The third-order valence-corrected chi connectivity index (χ3v) is 8.68. The van der Waals surface area contributed by atoms with E-state index in [1.165, 1.54) is 36.0 Å². The number of rotatable bonds is 7. The number of hydrogen-bond donors (Lipinski definition) is 0. The van der Waals surface area contributed by atoms with Crippen molar-refractivity contribution in [2.75, 3.05) is 5.75 Å². The largest absolute Gasteiger partial charge is 0.287 e. The van der Waals surface area contributed by atoms with Gasteiger partial charge in [-0.2, -0.15) is 0 Å². The molecule has 0 bridgehead atoms. The van der Waals surface area contributed by atoms with Crippen molar-refractivity contribution in [3.63, 3.8) is 0 Å². The molecule has 178 valence electrons. The Bertz CT molecular complexity index is 1190. The molecule has 3 aromatic rings. The zero-order valence-corrected chi connectivity index (χ0v) is 21.4. The fourth-order valence-electron chi connectivity index (χ4n) is 5.80. The van der Waals surface area contributed by atoms with Crippen LogP contribution in [0, 0.1) is 5.92 Å². The molecule has 1 spiro atoms. The molecule has 5 rings (SSSR count). The smallest absolute Gasteiger partial charge is 0.258 e. The lowest BCUT2D eigenvalue weighted by Gasteiger charge is -2.42. The third kappa shape index (κ3) is 4.62. The molecule has 0 unspecified atom stereocenters. The van der Waals surface area contributed by atoms with E-state index in [1.807, 2.05) is 10.6 Å². The summed E-state index contributed by atoms with van der Waals surface area (Å²) in [5.74, 6) is 1.63. The molecule has 34 heavy (non-hydrogen) atoms. The van der Waals surface area contributed by atoms with E-state index >= 15 is 0 Å². The maximum atomic E-state index is 14.3. The molecule has 1 saturated carbocycles. The van der Waals surface area contributed by atoms with Gasteiger partial charge in [-0.05, 0) is 49.1 Å². The van der Waals surface area contributed by atoms with Crippen LogP contribution >= 0.6 is 11.8 Å². The topological polar surface area (TPSA) is 34.9 Å². The Hall–Kier alpha value is -2.33. The maximum Gasteiger partial charge on any atom is 0.258 e. The van der Waals surface area contributed by atoms with Crippen LogP contribution in [0.1, 0.15) is 69.1 Å². The highest BCUT2D eigenvalue weighted by atomic mass is 32.2. The summed E-state index contributed by atoms with van der Waals surface area (Å²) >= 11 is 1.76. The van der Waals surface area contributed by atoms with Gasteiger partial charge in [-0.15, -0.1) is 0 Å². The van der Waals surface area contributed by atoms with Crippen molar-refractivity contribution in [1.29, 1.82) is 0 Å². The number of aromatic nitrogens is 2. The van der Waals surface area contributed by atoms with E-state index in [4.69, 9.17) is 4.98 Å². The Morgan fingerprint density at radius 2 is 1.74 bits per heavy atom. The van der Waals surface area contributed by atoms with Gasteiger partial charge in [0.05, 0.1) is 11.3 Å². The first-order valence-corrected chi connectivity index (χ1v) is 14.0. The Balaban J connectivity index is 1.63. The Morgan fingerprint density at radius 3 is 2.50 bits per heavy atom. The Morgan fingerprint density at radius 1 is 1.00 bits per heavy atom. The van der Waals surface area contributed by atoms with Crippen LogP contribution < -0.4 is 5.56 Å². The lowest BCUT2D eigenvalue weighted by atomic mass is 9.62. The summed E-state index contributed by atoms with van der Waals surface area (Å²) in [6, 6.07) is 19.2. The molecule has 0 radical (unpaired) electrons. The molecule has 1 aromatic heterocycles. The summed E-state index contributed by atoms with van der Waals surface area (Å²) in [4.78, 5) is 19.6. The van der Waals surface area contributed by atoms with Crippen LogP contribution in [0.25, 0.3) is 11.3 Å². The van der Waals surface area contributed by atoms with Crippen molar-refractivity contribution in [3.8, 4) is 11.3 Å². The number of fused-ring (bicyclic) bond motifs is 4. The molecule has 2 aliphatic rings. The predicted molar refractivity (Wildman–Crippen MR) is 143 cm³/mol. The fourth-order valence-corrected chi connectivity index (χ4v) is 7.06. The van der Waals surface area contributed by atoms with Gasteiger partial charge < -0.3 is 0 Å². The average molecular weight is 473 g/mol. The second-order valence-corrected chi connectivity index (χ2v) is 11.6. The molecule has 2 aliphatic carbocycles. The van der Waals surface area contributed by atoms with Crippen LogP contribution in [0.4, 0.5) is 0 Å². The number of aryl methyl sites for hydroxylation is 1. The SMILES string of the molecule is CC(C)CCSc1nc2c(c(=O)n1CCc1ccccc1)C1(CCCCC1)Cc1ccccc1-2. The van der Waals surface area contributed by atoms with Crippen LogP contribution in [0.5, 0.6) is 0 Å². The summed E-state index contributed by atoms with van der Waals surface area (Å²) in [7, 11) is 0. The van der Waals surface area contributed by atoms with Gasteiger partial charge in [-0.1, -0.05) is 99.5 Å². The molecule has 3 nitrogen and oxygen atoms in total. The molecule has 0 atom stereocenters. The molecule has 4 heteroatoms. The first-order valence-electron chi connectivity index (χ1n) is 13.0. The van der Waals surface area contributed by atoms with Gasteiger partial charge >= 0.3 is 0 Å². The minimum atomic E-state index is -0.0539. The van der Waals surface area contributed by atoms with Gasteiger partial charge in [0.2, 0.25) is 0 Å². The second kappa shape index (κ2) is 10.1. The van der Waals surface area contributed by atoms with Crippen LogP contribution in [-0.4, -0.2) is 15.3 Å². The molecule has 0 saturated heterocycles. The third-order valence-electron chi connectivity index (χ3n) is 7.67. The van der Waals surface area contributed by atoms with Crippen LogP contribution in [0.3, 0.4) is 0 Å². The molecule has 2 aromatic carbocycles. The quantitative estimate of drug-likeness (QED) is 0.273. The zero-order chi connectivity index (χ0) is 23.5. The molecule has 0 N–H and O–H groups in total. The van der Waals surface area contributed by atoms with E-state index in [2.05, 4.69) is 62.4 Å². The van der Waals surface area contributed by atoms with Crippen LogP contribution in [0.2, 0.25) is 0 Å². The number of hydrogen-bond acceptors (Lipinski definition) is 3. The van der Waals surface area contributed by atoms with E-state index < -0.39 is 0 Å². The summed E-state index contributed by atoms with van der Waals surface area (Å²) in [6.07, 6.45) is 8.84. The standard InChI is InChI=1S/C30H36N2OS/c1-22(2)16-20-34-29-31-27-25-14-8-7-13-24(25)21-30(17-9-4-10-18-30)26(27)28(33)32(29)19-15-23-11-5-3-6-12-23/h3,5-8,11-14,22H,4,9-10,15-21H2,1-2H3. The fraction of sp³-hybridized carbons (Fsp3) is 0.467. The predicted octanol–water partition coefficient (Wildman–Crippen LogP) is 7.05. The van der Waals surface area contributed by atoms with Crippen molar-refractivity contribution < 1.29 is 0 Å². The molecular weight excluding hydrogens is 436 g/mol. The zero-order valence-electron chi connectivity index (χ0n) is 20.6. The molecule has 1 fully saturated rings. The summed E-state index contributed by atoms with van der Waals surface area (Å²) in [6.45, 7) is 5.20. The molecule has 1 heterocycles. The second-order valence-electron chi connectivity index (χ2n) is 10.5. The normalized spacial score (nSPS) is 16.4. The number of benzene rings is 2. The van der Waals surface area contributed by atoms with Gasteiger partial charge in [-0.25, -0.2) is 4.98 Å². The summed E-state index contributed by atoms with van der Waals surface area (Å²) in [5.41, 5.74) is 5.94. The van der Waals surface area contributed by atoms with Crippen molar-refractivity contribution >= 4 is 11.8 Å². The number of nitrogens with zero attached hydrogens (tertiary/aromatic N) is 2. The van der Waals surface area contributed by atoms with E-state index in [0.717, 1.165) is 54.3 Å². The molecular formula is C30H36N2OS. The molecule has 0 aliphatic heterocycles. The average Bonchev–Trinajstić information content (AvgIpc) is 2.84. The van der Waals surface area contributed by atoms with E-state index in [9.17, 15) is 4.79 Å². The van der Waals surface area contributed by atoms with E-state index in [-0.39, 0.29) is 11.0 Å². The maximum absolute atomic E-state index is 14.3. The Kier molecular flexibility index (Phi) is 6.96. The van der Waals surface area contributed by atoms with E-state index in [1.54, 1.807) is 11.8 Å². The minimum absolute atomic E-state index is 0.0539. The van der Waals surface area contributed by atoms with Crippen molar-refractivity contribution in [1.82, 2.24) is 9.55 Å². The first-order chi connectivity index (χ1) is 16.6. The van der Waals surface area contributed by atoms with Gasteiger partial charge in [0.1, 0.15) is 0 Å². The summed E-state index contributed by atoms with van der Waals surface area (Å²) < 4.78 is 2.01. The first kappa shape index (κ1) is 23.4. The highest BCUT2D eigenvalue weighted by Gasteiger charge is 2.43. The van der Waals surface area contributed by atoms with Crippen molar-refractivity contribution in [3.05, 3.63) is 81.6 Å². The van der Waals surface area contributed by atoms with Crippen LogP contribution in [0.15, 0.2) is 64.5 Å². The highest BCUT2D eigenvalue weighted by molar-refractivity contribution is 7.99. The monoisotopic (exact) mass is 472 g/mol. The van der Waals surface area contributed by atoms with Crippen molar-refractivity contribution in [2.45, 2.75) is 82.3 Å². The number of thioether (sulfide) groups is 1. The van der Waals surface area contributed by atoms with E-state index in [0.29, 0.717) is 12.5 Å². The van der Waals surface area contributed by atoms with Crippen LogP contribution in [-0.2, 0) is 24.8 Å². The van der Waals surface area contributed by atoms with Crippen molar-refractivity contribution in [2.24, 2.45) is 5.92 Å². The van der Waals surface area contributed by atoms with Gasteiger partial charge in [0.15, 0.2) is 5.16 Å². The van der Waals surface area contributed by atoms with Gasteiger partial charge in [-0.3, -0.25) is 9.36 Å². The minimum Gasteiger partial charge on any atom is -0.287 e. The highest BCUT2D eigenvalue weighted by Crippen LogP contribution is 2.48. The lowest BCUT2D eigenvalue weighted by Crippen LogP contribution is -2.43.